The molecule has 1 aromatic rings. The van der Waals surface area contributed by atoms with Crippen LogP contribution in [0, 0.1) is 6.92 Å². The van der Waals surface area contributed by atoms with Gasteiger partial charge in [0.15, 0.2) is 0 Å². The molecule has 0 saturated heterocycles. The van der Waals surface area contributed by atoms with Crippen molar-refractivity contribution < 1.29 is 4.79 Å². The van der Waals surface area contributed by atoms with Crippen LogP contribution in [0.2, 0.25) is 0 Å². The van der Waals surface area contributed by atoms with Gasteiger partial charge in [0.25, 0.3) is 0 Å². The average Bonchev–Trinajstić information content (AvgIpc) is 2.49. The zero-order valence-electron chi connectivity index (χ0n) is 8.76. The number of hydrogen-bond acceptors (Lipinski definition) is 3. The van der Waals surface area contributed by atoms with Crippen molar-refractivity contribution in [3.63, 3.8) is 0 Å². The fourth-order valence-corrected chi connectivity index (χ4v) is 1.80. The van der Waals surface area contributed by atoms with Crippen LogP contribution in [0.15, 0.2) is 11.4 Å². The van der Waals surface area contributed by atoms with Crippen molar-refractivity contribution in [2.45, 2.75) is 26.8 Å². The highest BCUT2D eigenvalue weighted by molar-refractivity contribution is 7.14. The molecule has 0 atom stereocenters. The van der Waals surface area contributed by atoms with Crippen molar-refractivity contribution in [1.82, 2.24) is 5.32 Å². The summed E-state index contributed by atoms with van der Waals surface area (Å²) in [5.41, 5.74) is 1.12. The number of hydrogen-bond donors (Lipinski definition) is 2. The lowest BCUT2D eigenvalue weighted by atomic mass is 10.3. The zero-order valence-corrected chi connectivity index (χ0v) is 9.57. The highest BCUT2D eigenvalue weighted by Crippen LogP contribution is 2.21. The summed E-state index contributed by atoms with van der Waals surface area (Å²) in [5, 5.41) is 8.85. The Morgan fingerprint density at radius 2 is 2.29 bits per heavy atom. The van der Waals surface area contributed by atoms with Crippen LogP contribution in [0.25, 0.3) is 0 Å². The van der Waals surface area contributed by atoms with Gasteiger partial charge >= 0.3 is 0 Å². The summed E-state index contributed by atoms with van der Waals surface area (Å²) in [6.07, 6.45) is 0. The Morgan fingerprint density at radius 3 is 2.79 bits per heavy atom. The summed E-state index contributed by atoms with van der Waals surface area (Å²) >= 11 is 1.55. The van der Waals surface area contributed by atoms with Crippen LogP contribution in [0.5, 0.6) is 0 Å². The highest BCUT2D eigenvalue weighted by Gasteiger charge is 2.05. The molecule has 0 fully saturated rings. The molecule has 78 valence electrons. The third-order valence-corrected chi connectivity index (χ3v) is 2.72. The molecule has 0 unspecified atom stereocenters. The van der Waals surface area contributed by atoms with E-state index >= 15 is 0 Å². The van der Waals surface area contributed by atoms with E-state index in [1.807, 2.05) is 32.2 Å². The van der Waals surface area contributed by atoms with Crippen molar-refractivity contribution in [2.24, 2.45) is 0 Å². The Balaban J connectivity index is 2.38. The van der Waals surface area contributed by atoms with Gasteiger partial charge in [0.2, 0.25) is 5.91 Å². The molecule has 4 heteroatoms. The third kappa shape index (κ3) is 3.47. The molecule has 0 saturated carbocycles. The average molecular weight is 212 g/mol. The summed E-state index contributed by atoms with van der Waals surface area (Å²) in [5.74, 6) is 0.0178. The van der Waals surface area contributed by atoms with E-state index in [4.69, 9.17) is 0 Å². The van der Waals surface area contributed by atoms with Crippen LogP contribution in [-0.4, -0.2) is 18.5 Å². The number of nitrogens with one attached hydrogen (secondary N) is 2. The molecule has 0 aliphatic carbocycles. The van der Waals surface area contributed by atoms with Crippen LogP contribution in [0.4, 0.5) is 5.00 Å². The maximum Gasteiger partial charge on any atom is 0.238 e. The van der Waals surface area contributed by atoms with Crippen molar-refractivity contribution in [2.75, 3.05) is 11.9 Å². The Hall–Kier alpha value is -0.870. The largest absolute Gasteiger partial charge is 0.316 e. The second-order valence-electron chi connectivity index (χ2n) is 3.52. The minimum atomic E-state index is 0.0178. The first-order chi connectivity index (χ1) is 6.59. The molecule has 14 heavy (non-hydrogen) atoms. The normalized spacial score (nSPS) is 10.6. The van der Waals surface area contributed by atoms with E-state index in [0.717, 1.165) is 10.6 Å². The number of carbonyl (C=O) groups excluding carboxylic acids is 1. The van der Waals surface area contributed by atoms with Gasteiger partial charge in [-0.05, 0) is 23.9 Å². The third-order valence-electron chi connectivity index (χ3n) is 1.79. The fourth-order valence-electron chi connectivity index (χ4n) is 0.968. The number of anilines is 1. The molecule has 1 rings (SSSR count). The highest BCUT2D eigenvalue weighted by atomic mass is 32.1. The van der Waals surface area contributed by atoms with E-state index < -0.39 is 0 Å². The second kappa shape index (κ2) is 5.12. The van der Waals surface area contributed by atoms with E-state index in [2.05, 4.69) is 10.6 Å². The molecule has 0 bridgehead atoms. The number of thiophene rings is 1. The van der Waals surface area contributed by atoms with E-state index in [0.29, 0.717) is 12.6 Å². The second-order valence-corrected chi connectivity index (χ2v) is 4.43. The summed E-state index contributed by atoms with van der Waals surface area (Å²) in [7, 11) is 0. The Kier molecular flexibility index (Phi) is 4.10. The first-order valence-corrected chi connectivity index (χ1v) is 5.55. The molecule has 1 amide bonds. The van der Waals surface area contributed by atoms with Crippen molar-refractivity contribution >= 4 is 22.2 Å². The van der Waals surface area contributed by atoms with Gasteiger partial charge in [0.05, 0.1) is 11.5 Å². The zero-order chi connectivity index (χ0) is 10.6. The molecule has 0 aromatic carbocycles. The maximum atomic E-state index is 11.4. The van der Waals surface area contributed by atoms with Gasteiger partial charge in [0.1, 0.15) is 0 Å². The molecule has 0 spiro atoms. The number of carbonyl (C=O) groups is 1. The van der Waals surface area contributed by atoms with Crippen LogP contribution in [0.3, 0.4) is 0 Å². The summed E-state index contributed by atoms with van der Waals surface area (Å²) in [6, 6.07) is 2.33. The lowest BCUT2D eigenvalue weighted by Crippen LogP contribution is -2.32. The number of aryl methyl sites for hydroxylation is 1. The van der Waals surface area contributed by atoms with Crippen molar-refractivity contribution in [3.8, 4) is 0 Å². The molecule has 0 aliphatic heterocycles. The van der Waals surface area contributed by atoms with E-state index in [1.54, 1.807) is 11.3 Å². The molecular formula is C10H16N2OS. The summed E-state index contributed by atoms with van der Waals surface area (Å²) in [6.45, 7) is 6.39. The lowest BCUT2D eigenvalue weighted by molar-refractivity contribution is -0.115. The van der Waals surface area contributed by atoms with Gasteiger partial charge in [0, 0.05) is 6.04 Å². The first kappa shape index (κ1) is 11.2. The molecule has 0 aliphatic rings. The molecule has 1 heterocycles. The molecule has 2 N–H and O–H groups in total. The van der Waals surface area contributed by atoms with Gasteiger partial charge in [-0.1, -0.05) is 13.8 Å². The number of amides is 1. The van der Waals surface area contributed by atoms with Crippen LogP contribution < -0.4 is 10.6 Å². The Bertz CT molecular complexity index is 307. The molecule has 0 radical (unpaired) electrons. The van der Waals surface area contributed by atoms with Crippen molar-refractivity contribution in [3.05, 3.63) is 17.0 Å². The van der Waals surface area contributed by atoms with Gasteiger partial charge < -0.3 is 10.6 Å². The van der Waals surface area contributed by atoms with Crippen molar-refractivity contribution in [1.29, 1.82) is 0 Å². The number of rotatable bonds is 4. The quantitative estimate of drug-likeness (QED) is 0.801. The van der Waals surface area contributed by atoms with Crippen LogP contribution in [-0.2, 0) is 4.79 Å². The molecule has 1 aromatic heterocycles. The molecule has 3 nitrogen and oxygen atoms in total. The van der Waals surface area contributed by atoms with Gasteiger partial charge in [-0.2, -0.15) is 0 Å². The first-order valence-electron chi connectivity index (χ1n) is 4.67. The van der Waals surface area contributed by atoms with E-state index in [-0.39, 0.29) is 5.91 Å². The smallest absolute Gasteiger partial charge is 0.238 e. The maximum absolute atomic E-state index is 11.4. The summed E-state index contributed by atoms with van der Waals surface area (Å²) < 4.78 is 0. The predicted molar refractivity (Wildman–Crippen MR) is 60.8 cm³/mol. The van der Waals surface area contributed by atoms with Crippen LogP contribution in [0.1, 0.15) is 19.4 Å². The standard InChI is InChI=1S/C10H16N2OS/c1-7(2)11-6-9(13)12-10-8(3)4-5-14-10/h4-5,7,11H,6H2,1-3H3,(H,12,13). The van der Waals surface area contributed by atoms with Crippen LogP contribution >= 0.6 is 11.3 Å². The Labute approximate surface area is 88.5 Å². The minimum absolute atomic E-state index is 0.0178. The topological polar surface area (TPSA) is 41.1 Å². The van der Waals surface area contributed by atoms with Gasteiger partial charge in [-0.3, -0.25) is 4.79 Å². The SMILES string of the molecule is Cc1ccsc1NC(=O)CNC(C)C. The molecular weight excluding hydrogens is 196 g/mol. The Morgan fingerprint density at radius 1 is 1.57 bits per heavy atom. The minimum Gasteiger partial charge on any atom is -0.316 e. The predicted octanol–water partition coefficient (Wildman–Crippen LogP) is 1.99. The van der Waals surface area contributed by atoms with Gasteiger partial charge in [-0.15, -0.1) is 11.3 Å². The van der Waals surface area contributed by atoms with Gasteiger partial charge in [-0.25, -0.2) is 0 Å². The monoisotopic (exact) mass is 212 g/mol. The fraction of sp³-hybridized carbons (Fsp3) is 0.500. The van der Waals surface area contributed by atoms with E-state index in [1.165, 1.54) is 0 Å². The van der Waals surface area contributed by atoms with E-state index in [9.17, 15) is 4.79 Å². The summed E-state index contributed by atoms with van der Waals surface area (Å²) in [4.78, 5) is 11.4. The lowest BCUT2D eigenvalue weighted by Gasteiger charge is -2.08.